The molecule has 0 saturated heterocycles. The fourth-order valence-corrected chi connectivity index (χ4v) is 2.95. The number of nitrogens with zero attached hydrogens (tertiary/aromatic N) is 1. The Bertz CT molecular complexity index is 474. The zero-order valence-electron chi connectivity index (χ0n) is 11.4. The summed E-state index contributed by atoms with van der Waals surface area (Å²) >= 11 is 0. The van der Waals surface area contributed by atoms with E-state index < -0.39 is 10.0 Å². The molecule has 1 N–H and O–H groups in total. The molecule has 6 heteroatoms. The van der Waals surface area contributed by atoms with Crippen LogP contribution >= 0.6 is 0 Å². The van der Waals surface area contributed by atoms with Crippen LogP contribution in [0.5, 0.6) is 0 Å². The molecule has 0 bridgehead atoms. The van der Waals surface area contributed by atoms with Crippen molar-refractivity contribution < 1.29 is 12.8 Å². The lowest BCUT2D eigenvalue weighted by Gasteiger charge is -2.19. The first-order chi connectivity index (χ1) is 8.97. The van der Waals surface area contributed by atoms with E-state index >= 15 is 0 Å². The summed E-state index contributed by atoms with van der Waals surface area (Å²) in [4.78, 5) is 0. The van der Waals surface area contributed by atoms with Crippen LogP contribution in [0.4, 0.5) is 10.1 Å². The van der Waals surface area contributed by atoms with E-state index in [1.807, 2.05) is 6.92 Å². The molecule has 0 heterocycles. The minimum Gasteiger partial charge on any atom is -0.317 e. The summed E-state index contributed by atoms with van der Waals surface area (Å²) in [6.45, 7) is 3.73. The Kier molecular flexibility index (Phi) is 6.24. The van der Waals surface area contributed by atoms with Gasteiger partial charge in [-0.25, -0.2) is 12.8 Å². The highest BCUT2D eigenvalue weighted by Gasteiger charge is 2.17. The molecule has 0 aliphatic heterocycles. The second-order valence-corrected chi connectivity index (χ2v) is 6.44. The molecule has 1 aromatic carbocycles. The summed E-state index contributed by atoms with van der Waals surface area (Å²) in [5, 5.41) is 3.15. The maximum atomic E-state index is 12.8. The molecule has 1 rings (SSSR count). The number of sulfonamides is 1. The fraction of sp³-hybridized carbons (Fsp3) is 0.538. The first-order valence-corrected chi connectivity index (χ1v) is 8.01. The number of halogens is 1. The third-order valence-electron chi connectivity index (χ3n) is 2.86. The lowest BCUT2D eigenvalue weighted by molar-refractivity contribution is 0.586. The molecule has 108 valence electrons. The van der Waals surface area contributed by atoms with Gasteiger partial charge in [0.15, 0.2) is 0 Å². The van der Waals surface area contributed by atoms with Crippen molar-refractivity contribution in [2.24, 2.45) is 0 Å². The van der Waals surface area contributed by atoms with Gasteiger partial charge in [0, 0.05) is 7.05 Å². The monoisotopic (exact) mass is 288 g/mol. The van der Waals surface area contributed by atoms with Crippen LogP contribution in [0.2, 0.25) is 0 Å². The zero-order valence-corrected chi connectivity index (χ0v) is 12.2. The lowest BCUT2D eigenvalue weighted by atomic mass is 10.3. The van der Waals surface area contributed by atoms with E-state index in [-0.39, 0.29) is 11.6 Å². The van der Waals surface area contributed by atoms with Gasteiger partial charge in [0.1, 0.15) is 5.82 Å². The van der Waals surface area contributed by atoms with Crippen molar-refractivity contribution in [3.8, 4) is 0 Å². The summed E-state index contributed by atoms with van der Waals surface area (Å²) in [6.07, 6.45) is 1.44. The van der Waals surface area contributed by atoms with Crippen LogP contribution < -0.4 is 9.62 Å². The summed E-state index contributed by atoms with van der Waals surface area (Å²) in [6, 6.07) is 5.44. The first-order valence-electron chi connectivity index (χ1n) is 6.40. The molecule has 0 atom stereocenters. The Labute approximate surface area is 114 Å². The van der Waals surface area contributed by atoms with Gasteiger partial charge in [-0.1, -0.05) is 6.92 Å². The molecule has 0 radical (unpaired) electrons. The normalized spacial score (nSPS) is 11.5. The minimum atomic E-state index is -3.33. The molecule has 0 saturated carbocycles. The second-order valence-electron chi connectivity index (χ2n) is 4.32. The van der Waals surface area contributed by atoms with Crippen LogP contribution in [-0.4, -0.2) is 34.3 Å². The van der Waals surface area contributed by atoms with Gasteiger partial charge >= 0.3 is 0 Å². The van der Waals surface area contributed by atoms with Crippen molar-refractivity contribution in [1.82, 2.24) is 5.32 Å². The largest absolute Gasteiger partial charge is 0.317 e. The van der Waals surface area contributed by atoms with E-state index in [4.69, 9.17) is 0 Å². The summed E-state index contributed by atoms with van der Waals surface area (Å²) in [7, 11) is -1.84. The highest BCUT2D eigenvalue weighted by molar-refractivity contribution is 7.92. The van der Waals surface area contributed by atoms with Gasteiger partial charge in [0.25, 0.3) is 0 Å². The molecule has 0 aliphatic rings. The highest BCUT2D eigenvalue weighted by Crippen LogP contribution is 2.17. The average molecular weight is 288 g/mol. The van der Waals surface area contributed by atoms with E-state index in [0.717, 1.165) is 19.5 Å². The quantitative estimate of drug-likeness (QED) is 0.744. The van der Waals surface area contributed by atoms with Crippen LogP contribution in [0, 0.1) is 5.82 Å². The summed E-state index contributed by atoms with van der Waals surface area (Å²) in [5.74, 6) is -0.271. The molecule has 1 aromatic rings. The molecule has 0 aliphatic carbocycles. The molecule has 0 spiro atoms. The third-order valence-corrected chi connectivity index (χ3v) is 4.71. The SMILES string of the molecule is CCNCCCCS(=O)(=O)N(C)c1ccc(F)cc1. The molecule has 4 nitrogen and oxygen atoms in total. The van der Waals surface area contributed by atoms with Gasteiger partial charge < -0.3 is 5.32 Å². The van der Waals surface area contributed by atoms with Crippen molar-refractivity contribution in [2.75, 3.05) is 30.2 Å². The standard InChI is InChI=1S/C13H21FN2O2S/c1-3-15-10-4-5-11-19(17,18)16(2)13-8-6-12(14)7-9-13/h6-9,15H,3-5,10-11H2,1-2H3. The summed E-state index contributed by atoms with van der Waals surface area (Å²) in [5.41, 5.74) is 0.480. The number of hydrogen-bond acceptors (Lipinski definition) is 3. The number of unbranched alkanes of at least 4 members (excludes halogenated alkanes) is 1. The Morgan fingerprint density at radius 2 is 1.84 bits per heavy atom. The lowest BCUT2D eigenvalue weighted by Crippen LogP contribution is -2.29. The number of hydrogen-bond donors (Lipinski definition) is 1. The van der Waals surface area contributed by atoms with E-state index in [9.17, 15) is 12.8 Å². The van der Waals surface area contributed by atoms with Crippen molar-refractivity contribution in [2.45, 2.75) is 19.8 Å². The zero-order chi connectivity index (χ0) is 14.3. The third kappa shape index (κ3) is 5.16. The van der Waals surface area contributed by atoms with Crippen molar-refractivity contribution >= 4 is 15.7 Å². The Morgan fingerprint density at radius 1 is 1.21 bits per heavy atom. The average Bonchev–Trinajstić information content (AvgIpc) is 2.38. The van der Waals surface area contributed by atoms with Crippen molar-refractivity contribution in [1.29, 1.82) is 0 Å². The predicted octanol–water partition coefficient (Wildman–Crippen LogP) is 1.98. The number of nitrogens with one attached hydrogen (secondary N) is 1. The predicted molar refractivity (Wildman–Crippen MR) is 76.4 cm³/mol. The molecule has 19 heavy (non-hydrogen) atoms. The number of benzene rings is 1. The summed E-state index contributed by atoms with van der Waals surface area (Å²) < 4.78 is 38.1. The van der Waals surface area contributed by atoms with Gasteiger partial charge in [-0.3, -0.25) is 4.31 Å². The van der Waals surface area contributed by atoms with Crippen molar-refractivity contribution in [3.63, 3.8) is 0 Å². The molecule has 0 aromatic heterocycles. The number of anilines is 1. The molecule has 0 fully saturated rings. The molecular formula is C13H21FN2O2S. The highest BCUT2D eigenvalue weighted by atomic mass is 32.2. The maximum absolute atomic E-state index is 12.8. The molecular weight excluding hydrogens is 267 g/mol. The molecule has 0 amide bonds. The van der Waals surface area contributed by atoms with Crippen LogP contribution in [0.1, 0.15) is 19.8 Å². The number of rotatable bonds is 8. The van der Waals surface area contributed by atoms with Gasteiger partial charge in [-0.15, -0.1) is 0 Å². The van der Waals surface area contributed by atoms with Crippen LogP contribution in [0.15, 0.2) is 24.3 Å². The molecule has 0 unspecified atom stereocenters. The topological polar surface area (TPSA) is 49.4 Å². The Balaban J connectivity index is 2.54. The van der Waals surface area contributed by atoms with Gasteiger partial charge in [-0.05, 0) is 50.2 Å². The second kappa shape index (κ2) is 7.45. The van der Waals surface area contributed by atoms with E-state index in [1.54, 1.807) is 0 Å². The minimum absolute atomic E-state index is 0.103. The fourth-order valence-electron chi connectivity index (χ4n) is 1.66. The maximum Gasteiger partial charge on any atom is 0.234 e. The Hall–Kier alpha value is -1.14. The van der Waals surface area contributed by atoms with E-state index in [0.29, 0.717) is 12.1 Å². The van der Waals surface area contributed by atoms with Crippen LogP contribution in [-0.2, 0) is 10.0 Å². The van der Waals surface area contributed by atoms with Gasteiger partial charge in [0.2, 0.25) is 10.0 Å². The van der Waals surface area contributed by atoms with Gasteiger partial charge in [-0.2, -0.15) is 0 Å². The van der Waals surface area contributed by atoms with Gasteiger partial charge in [0.05, 0.1) is 11.4 Å². The van der Waals surface area contributed by atoms with Crippen LogP contribution in [0.25, 0.3) is 0 Å². The smallest absolute Gasteiger partial charge is 0.234 e. The van der Waals surface area contributed by atoms with Crippen molar-refractivity contribution in [3.05, 3.63) is 30.1 Å². The Morgan fingerprint density at radius 3 is 2.42 bits per heavy atom. The van der Waals surface area contributed by atoms with E-state index in [1.165, 1.54) is 35.6 Å². The van der Waals surface area contributed by atoms with Crippen LogP contribution in [0.3, 0.4) is 0 Å². The van der Waals surface area contributed by atoms with E-state index in [2.05, 4.69) is 5.32 Å². The first kappa shape index (κ1) is 15.9.